The van der Waals surface area contributed by atoms with Crippen LogP contribution in [0.4, 0.5) is 13.2 Å². The lowest BCUT2D eigenvalue weighted by atomic mass is 9.89. The summed E-state index contributed by atoms with van der Waals surface area (Å²) in [5, 5.41) is 3.06. The first-order valence-corrected chi connectivity index (χ1v) is 10.5. The molecule has 0 unspecified atom stereocenters. The molecule has 8 heteroatoms. The lowest BCUT2D eigenvalue weighted by Gasteiger charge is -2.25. The molecule has 0 spiro atoms. The number of carbonyl (C=O) groups is 1. The van der Waals surface area contributed by atoms with Gasteiger partial charge in [-0.1, -0.05) is 23.8 Å². The summed E-state index contributed by atoms with van der Waals surface area (Å²) in [6.07, 6.45) is 6.25. The summed E-state index contributed by atoms with van der Waals surface area (Å²) < 4.78 is 47.1. The van der Waals surface area contributed by atoms with E-state index < -0.39 is 11.7 Å². The number of allylic oxidation sites excluding steroid dienone is 3. The first kappa shape index (κ1) is 22.3. The van der Waals surface area contributed by atoms with E-state index in [9.17, 15) is 18.0 Å². The highest BCUT2D eigenvalue weighted by Gasteiger charge is 2.36. The molecule has 1 aliphatic heterocycles. The highest BCUT2D eigenvalue weighted by Crippen LogP contribution is 2.27. The molecule has 168 valence electrons. The molecule has 33 heavy (non-hydrogen) atoms. The average Bonchev–Trinajstić information content (AvgIpc) is 2.81. The molecule has 1 aromatic heterocycles. The first-order valence-electron chi connectivity index (χ1n) is 10.5. The Morgan fingerprint density at radius 1 is 1.18 bits per heavy atom. The van der Waals surface area contributed by atoms with Crippen LogP contribution in [0.15, 0.2) is 72.1 Å². The fraction of sp³-hybridized carbons (Fsp3) is 0.240. The van der Waals surface area contributed by atoms with E-state index in [2.05, 4.69) is 21.0 Å². The van der Waals surface area contributed by atoms with Gasteiger partial charge in [0, 0.05) is 23.1 Å². The van der Waals surface area contributed by atoms with Crippen molar-refractivity contribution in [2.75, 3.05) is 0 Å². The minimum absolute atomic E-state index is 0.0395. The van der Waals surface area contributed by atoms with Gasteiger partial charge >= 0.3 is 17.9 Å². The Bertz CT molecular complexity index is 1190. The molecule has 1 aromatic carbocycles. The van der Waals surface area contributed by atoms with Crippen molar-refractivity contribution in [3.05, 3.63) is 83.2 Å². The van der Waals surface area contributed by atoms with Gasteiger partial charge in [-0.25, -0.2) is 0 Å². The maximum atomic E-state index is 12.6. The highest BCUT2D eigenvalue weighted by molar-refractivity contribution is 5.94. The van der Waals surface area contributed by atoms with Gasteiger partial charge in [0.1, 0.15) is 5.75 Å². The van der Waals surface area contributed by atoms with Gasteiger partial charge in [0.05, 0.1) is 11.6 Å². The van der Waals surface area contributed by atoms with Crippen molar-refractivity contribution in [1.29, 1.82) is 0 Å². The van der Waals surface area contributed by atoms with Crippen LogP contribution in [0.2, 0.25) is 0 Å². The second kappa shape index (κ2) is 9.74. The van der Waals surface area contributed by atoms with Crippen molar-refractivity contribution in [3.63, 3.8) is 0 Å². The number of alkyl halides is 3. The maximum absolute atomic E-state index is 12.6. The van der Waals surface area contributed by atoms with Crippen molar-refractivity contribution in [3.8, 4) is 5.75 Å². The topological polar surface area (TPSA) is 65.3 Å². The number of hydrogen-bond acceptors (Lipinski definition) is 3. The minimum Gasteiger partial charge on any atom is -0.392 e. The number of aromatic nitrogens is 1. The van der Waals surface area contributed by atoms with E-state index in [4.69, 9.17) is 4.74 Å². The van der Waals surface area contributed by atoms with Crippen LogP contribution in [-0.2, 0) is 0 Å². The van der Waals surface area contributed by atoms with Crippen LogP contribution in [0.25, 0.3) is 6.08 Å². The van der Waals surface area contributed by atoms with E-state index in [-0.39, 0.29) is 17.8 Å². The number of rotatable bonds is 4. The Hall–Kier alpha value is -3.86. The Morgan fingerprint density at radius 2 is 2.00 bits per heavy atom. The van der Waals surface area contributed by atoms with Crippen LogP contribution in [0.5, 0.6) is 5.75 Å². The zero-order valence-electron chi connectivity index (χ0n) is 17.6. The van der Waals surface area contributed by atoms with Gasteiger partial charge in [-0.05, 0) is 61.6 Å². The smallest absolute Gasteiger partial charge is 0.392 e. The average molecular weight is 452 g/mol. The summed E-state index contributed by atoms with van der Waals surface area (Å²) in [6.45, 7) is 0. The molecule has 1 aliphatic carbocycles. The summed E-state index contributed by atoms with van der Waals surface area (Å²) in [4.78, 5) is 16.3. The van der Waals surface area contributed by atoms with Crippen LogP contribution in [0, 0.1) is 0 Å². The van der Waals surface area contributed by atoms with Gasteiger partial charge in [0.2, 0.25) is 0 Å². The Balaban J connectivity index is 1.36. The summed E-state index contributed by atoms with van der Waals surface area (Å²) in [5.41, 5.74) is 1.80. The van der Waals surface area contributed by atoms with E-state index in [1.807, 2.05) is 24.1 Å². The van der Waals surface area contributed by atoms with Crippen molar-refractivity contribution in [2.45, 2.75) is 37.9 Å². The third-order valence-corrected chi connectivity index (χ3v) is 5.32. The second-order valence-electron chi connectivity index (χ2n) is 7.77. The predicted octanol–water partition coefficient (Wildman–Crippen LogP) is 4.41. The summed E-state index contributed by atoms with van der Waals surface area (Å²) >= 11 is 0. The third kappa shape index (κ3) is 6.10. The molecule has 1 saturated carbocycles. The van der Waals surface area contributed by atoms with Gasteiger partial charge in [-0.3, -0.25) is 9.78 Å². The Morgan fingerprint density at radius 3 is 2.67 bits per heavy atom. The van der Waals surface area contributed by atoms with E-state index in [0.717, 1.165) is 37.3 Å². The van der Waals surface area contributed by atoms with Crippen molar-refractivity contribution in [2.24, 2.45) is 0 Å². The van der Waals surface area contributed by atoms with Crippen LogP contribution in [0.3, 0.4) is 0 Å². The SMILES string of the molecule is O=C(NC1CCC(=Cc2cccc(OC3=[N+]=C=C(C(F)(F)F)C=C3)c2)CC1)c1cccnc1. The third-order valence-electron chi connectivity index (χ3n) is 5.32. The van der Waals surface area contributed by atoms with Gasteiger partial charge in [0.15, 0.2) is 5.57 Å². The number of hydrogen-bond donors (Lipinski definition) is 1. The molecule has 0 saturated heterocycles. The molecule has 5 nitrogen and oxygen atoms in total. The molecule has 0 atom stereocenters. The number of nitrogens with zero attached hydrogens (tertiary/aromatic N) is 2. The predicted molar refractivity (Wildman–Crippen MR) is 120 cm³/mol. The number of ether oxygens (including phenoxy) is 1. The van der Waals surface area contributed by atoms with Gasteiger partial charge < -0.3 is 10.1 Å². The van der Waals surface area contributed by atoms with Crippen molar-refractivity contribution >= 4 is 23.8 Å². The molecular formula is C25H21F3N3O2+. The van der Waals surface area contributed by atoms with Crippen LogP contribution >= 0.6 is 0 Å². The largest absolute Gasteiger partial charge is 0.506 e. The molecule has 2 heterocycles. The zero-order chi connectivity index (χ0) is 23.3. The highest BCUT2D eigenvalue weighted by atomic mass is 19.4. The van der Waals surface area contributed by atoms with Gasteiger partial charge in [-0.15, -0.1) is 0 Å². The van der Waals surface area contributed by atoms with E-state index in [1.165, 1.54) is 11.6 Å². The van der Waals surface area contributed by atoms with Crippen LogP contribution in [0.1, 0.15) is 41.6 Å². The van der Waals surface area contributed by atoms with E-state index in [1.54, 1.807) is 30.6 Å². The summed E-state index contributed by atoms with van der Waals surface area (Å²) in [5.74, 6) is 2.36. The Kier molecular flexibility index (Phi) is 6.59. The quantitative estimate of drug-likeness (QED) is 0.699. The first-order chi connectivity index (χ1) is 15.9. The monoisotopic (exact) mass is 452 g/mol. The second-order valence-corrected chi connectivity index (χ2v) is 7.77. The molecule has 1 N–H and O–H groups in total. The number of pyridine rings is 1. The minimum atomic E-state index is -4.49. The van der Waals surface area contributed by atoms with E-state index >= 15 is 0 Å². The van der Waals surface area contributed by atoms with Crippen LogP contribution in [-0.4, -0.2) is 34.9 Å². The number of amides is 1. The molecule has 4 rings (SSSR count). The van der Waals surface area contributed by atoms with Crippen molar-refractivity contribution in [1.82, 2.24) is 15.0 Å². The Labute approximate surface area is 188 Å². The molecule has 2 aliphatic rings. The fourth-order valence-electron chi connectivity index (χ4n) is 3.63. The number of halogens is 3. The maximum Gasteiger partial charge on any atom is 0.506 e. The molecule has 1 fully saturated rings. The number of benzene rings is 1. The number of carbonyl (C=O) groups excluding carboxylic acids is 1. The van der Waals surface area contributed by atoms with Crippen molar-refractivity contribution < 1.29 is 22.7 Å². The summed E-state index contributed by atoms with van der Waals surface area (Å²) in [6, 6.07) is 10.9. The van der Waals surface area contributed by atoms with Gasteiger partial charge in [-0.2, -0.15) is 13.2 Å². The fourth-order valence-corrected chi connectivity index (χ4v) is 3.63. The molecule has 0 radical (unpaired) electrons. The van der Waals surface area contributed by atoms with Gasteiger partial charge in [0.25, 0.3) is 5.91 Å². The standard InChI is InChI=1S/C25H20F3N3O2/c26-25(27,28)20-8-11-23(30-16-20)33-22-5-1-3-18(14-22)13-17-6-9-21(10-7-17)31-24(32)19-4-2-12-29-15-19/h1-5,8,11-15,21H,6-7,9-10H2/p+1. The molecule has 2 aromatic rings. The van der Waals surface area contributed by atoms with E-state index in [0.29, 0.717) is 11.3 Å². The zero-order valence-corrected chi connectivity index (χ0v) is 17.6. The number of nitrogens with one attached hydrogen (secondary N) is 1. The lowest BCUT2D eigenvalue weighted by molar-refractivity contribution is -0.0867. The normalized spacial score (nSPS) is 17.8. The lowest BCUT2D eigenvalue weighted by Crippen LogP contribution is -2.36. The molecule has 1 amide bonds. The molecule has 0 bridgehead atoms. The molecular weight excluding hydrogens is 431 g/mol. The van der Waals surface area contributed by atoms with Crippen LogP contribution < -0.4 is 14.7 Å². The summed E-state index contributed by atoms with van der Waals surface area (Å²) in [7, 11) is 0.